The van der Waals surface area contributed by atoms with Crippen LogP contribution in [0.4, 0.5) is 5.69 Å². The molecule has 2 nitrogen and oxygen atoms in total. The summed E-state index contributed by atoms with van der Waals surface area (Å²) in [6.45, 7) is 0. The molecule has 2 fully saturated rings. The Kier molecular flexibility index (Phi) is 4.55. The largest absolute Gasteiger partial charge is 0.282 e. The number of nitrogens with zero attached hydrogens (tertiary/aromatic N) is 1. The summed E-state index contributed by atoms with van der Waals surface area (Å²) in [7, 11) is 0. The van der Waals surface area contributed by atoms with Gasteiger partial charge in [0, 0.05) is 11.4 Å². The zero-order valence-electron chi connectivity index (χ0n) is 16.6. The van der Waals surface area contributed by atoms with Crippen LogP contribution < -0.4 is 4.90 Å². The molecule has 1 aliphatic carbocycles. The summed E-state index contributed by atoms with van der Waals surface area (Å²) in [5.74, 6) is 0.147. The van der Waals surface area contributed by atoms with Crippen LogP contribution >= 0.6 is 0 Å². The number of carbonyl (C=O) groups is 1. The van der Waals surface area contributed by atoms with Gasteiger partial charge in [0.1, 0.15) is 5.41 Å². The van der Waals surface area contributed by atoms with Gasteiger partial charge in [-0.2, -0.15) is 0 Å². The molecule has 29 heavy (non-hydrogen) atoms. The van der Waals surface area contributed by atoms with Crippen LogP contribution in [0.1, 0.15) is 43.2 Å². The lowest BCUT2D eigenvalue weighted by Crippen LogP contribution is -2.63. The smallest absolute Gasteiger partial charge is 0.252 e. The number of hydrogen-bond donors (Lipinski definition) is 0. The van der Waals surface area contributed by atoms with Crippen LogP contribution in [0.5, 0.6) is 0 Å². The molecule has 1 aliphatic heterocycles. The van der Waals surface area contributed by atoms with Crippen molar-refractivity contribution in [2.45, 2.75) is 37.5 Å². The van der Waals surface area contributed by atoms with Gasteiger partial charge in [-0.15, -0.1) is 0 Å². The lowest BCUT2D eigenvalue weighted by Gasteiger charge is -2.53. The number of rotatable bonds is 3. The van der Waals surface area contributed by atoms with Crippen LogP contribution in [-0.2, 0) is 10.2 Å². The zero-order chi connectivity index (χ0) is 19.7. The SMILES string of the molecule is O=C1N(c2ccccc2)C(=C2CCCCC2)C1(c1ccccc1)c1ccccc1. The predicted molar refractivity (Wildman–Crippen MR) is 118 cm³/mol. The maximum atomic E-state index is 14.0. The van der Waals surface area contributed by atoms with Gasteiger partial charge in [-0.25, -0.2) is 0 Å². The minimum atomic E-state index is -0.717. The molecule has 1 heterocycles. The molecule has 5 rings (SSSR count). The van der Waals surface area contributed by atoms with E-state index in [9.17, 15) is 4.79 Å². The predicted octanol–water partition coefficient (Wildman–Crippen LogP) is 6.24. The first-order valence-corrected chi connectivity index (χ1v) is 10.6. The van der Waals surface area contributed by atoms with Gasteiger partial charge in [-0.3, -0.25) is 9.69 Å². The topological polar surface area (TPSA) is 20.3 Å². The van der Waals surface area contributed by atoms with Crippen LogP contribution in [0.15, 0.2) is 102 Å². The van der Waals surface area contributed by atoms with Crippen molar-refractivity contribution in [2.24, 2.45) is 0 Å². The molecule has 0 aromatic heterocycles. The average molecular weight is 380 g/mol. The van der Waals surface area contributed by atoms with Gasteiger partial charge in [0.15, 0.2) is 0 Å². The van der Waals surface area contributed by atoms with Gasteiger partial charge in [0.2, 0.25) is 0 Å². The molecule has 1 saturated carbocycles. The van der Waals surface area contributed by atoms with Crippen molar-refractivity contribution in [3.05, 3.63) is 113 Å². The second-order valence-corrected chi connectivity index (χ2v) is 7.97. The third-order valence-corrected chi connectivity index (χ3v) is 6.32. The quantitative estimate of drug-likeness (QED) is 0.493. The van der Waals surface area contributed by atoms with Gasteiger partial charge in [-0.05, 0) is 54.5 Å². The molecule has 0 N–H and O–H groups in total. The van der Waals surface area contributed by atoms with E-state index in [2.05, 4.69) is 24.3 Å². The average Bonchev–Trinajstić information content (AvgIpc) is 2.80. The Labute approximate surface area is 172 Å². The van der Waals surface area contributed by atoms with Gasteiger partial charge in [0.05, 0.1) is 0 Å². The number of para-hydroxylation sites is 1. The molecule has 1 amide bonds. The highest BCUT2D eigenvalue weighted by Gasteiger charge is 2.60. The lowest BCUT2D eigenvalue weighted by atomic mass is 9.62. The molecule has 2 aliphatic rings. The number of amides is 1. The minimum absolute atomic E-state index is 0.147. The van der Waals surface area contributed by atoms with Gasteiger partial charge in [0.25, 0.3) is 5.91 Å². The third kappa shape index (κ3) is 2.74. The van der Waals surface area contributed by atoms with E-state index in [1.165, 1.54) is 30.5 Å². The fraction of sp³-hybridized carbons (Fsp3) is 0.222. The minimum Gasteiger partial charge on any atom is -0.282 e. The highest BCUT2D eigenvalue weighted by molar-refractivity contribution is 6.17. The Morgan fingerprint density at radius 2 is 1.10 bits per heavy atom. The lowest BCUT2D eigenvalue weighted by molar-refractivity contribution is -0.125. The van der Waals surface area contributed by atoms with Crippen LogP contribution in [0, 0.1) is 0 Å². The first-order valence-electron chi connectivity index (χ1n) is 10.6. The monoisotopic (exact) mass is 379 g/mol. The van der Waals surface area contributed by atoms with E-state index < -0.39 is 5.41 Å². The normalized spacial score (nSPS) is 18.5. The summed E-state index contributed by atoms with van der Waals surface area (Å²) in [5, 5.41) is 0. The van der Waals surface area contributed by atoms with Gasteiger partial charge in [-0.1, -0.05) is 85.3 Å². The highest BCUT2D eigenvalue weighted by Crippen LogP contribution is 2.54. The standard InChI is InChI=1S/C27H25NO/c29-26-27(22-15-7-2-8-16-22,23-17-9-3-10-18-23)25(21-13-5-1-6-14-21)28(26)24-19-11-4-12-20-24/h2-4,7-12,15-20H,1,5-6,13-14H2. The van der Waals surface area contributed by atoms with E-state index in [0.717, 1.165) is 29.7 Å². The van der Waals surface area contributed by atoms with E-state index in [-0.39, 0.29) is 5.91 Å². The van der Waals surface area contributed by atoms with Crippen LogP contribution in [0.3, 0.4) is 0 Å². The molecule has 0 unspecified atom stereocenters. The highest BCUT2D eigenvalue weighted by atomic mass is 16.2. The number of anilines is 1. The summed E-state index contributed by atoms with van der Waals surface area (Å²) in [4.78, 5) is 16.0. The second-order valence-electron chi connectivity index (χ2n) is 7.97. The molecule has 0 bridgehead atoms. The van der Waals surface area contributed by atoms with Crippen molar-refractivity contribution >= 4 is 11.6 Å². The summed E-state index contributed by atoms with van der Waals surface area (Å²) >= 11 is 0. The van der Waals surface area contributed by atoms with E-state index in [0.29, 0.717) is 0 Å². The molecule has 3 aromatic carbocycles. The number of hydrogen-bond acceptors (Lipinski definition) is 1. The molecule has 0 radical (unpaired) electrons. The van der Waals surface area contributed by atoms with Gasteiger partial charge < -0.3 is 0 Å². The van der Waals surface area contributed by atoms with Crippen LogP contribution in [-0.4, -0.2) is 5.91 Å². The molecule has 144 valence electrons. The fourth-order valence-electron chi connectivity index (χ4n) is 5.01. The summed E-state index contributed by atoms with van der Waals surface area (Å²) in [6.07, 6.45) is 5.84. The van der Waals surface area contributed by atoms with E-state index in [1.54, 1.807) is 0 Å². The first kappa shape index (κ1) is 17.9. The Balaban J connectivity index is 1.78. The van der Waals surface area contributed by atoms with Crippen molar-refractivity contribution < 1.29 is 4.79 Å². The van der Waals surface area contributed by atoms with Crippen LogP contribution in [0.2, 0.25) is 0 Å². The molecule has 3 aromatic rings. The van der Waals surface area contributed by atoms with Crippen molar-refractivity contribution in [1.82, 2.24) is 0 Å². The molecule has 1 saturated heterocycles. The van der Waals surface area contributed by atoms with E-state index in [1.807, 2.05) is 71.6 Å². The molecule has 2 heteroatoms. The van der Waals surface area contributed by atoms with Crippen LogP contribution in [0.25, 0.3) is 0 Å². The van der Waals surface area contributed by atoms with Gasteiger partial charge >= 0.3 is 0 Å². The fourth-order valence-corrected chi connectivity index (χ4v) is 5.01. The maximum Gasteiger partial charge on any atom is 0.252 e. The molecular formula is C27H25NO. The Morgan fingerprint density at radius 3 is 1.62 bits per heavy atom. The van der Waals surface area contributed by atoms with Crippen molar-refractivity contribution in [3.63, 3.8) is 0 Å². The summed E-state index contributed by atoms with van der Waals surface area (Å²) < 4.78 is 0. The Morgan fingerprint density at radius 1 is 0.621 bits per heavy atom. The summed E-state index contributed by atoms with van der Waals surface area (Å²) in [6, 6.07) is 30.8. The number of benzene rings is 3. The third-order valence-electron chi connectivity index (χ3n) is 6.32. The summed E-state index contributed by atoms with van der Waals surface area (Å²) in [5.41, 5.74) is 5.00. The van der Waals surface area contributed by atoms with Crippen molar-refractivity contribution in [3.8, 4) is 0 Å². The van der Waals surface area contributed by atoms with Crippen molar-refractivity contribution in [2.75, 3.05) is 4.90 Å². The Bertz CT molecular complexity index is 990. The zero-order valence-corrected chi connectivity index (χ0v) is 16.6. The molecule has 0 atom stereocenters. The Hall–Kier alpha value is -3.13. The number of allylic oxidation sites excluding steroid dienone is 1. The molecule has 0 spiro atoms. The first-order chi connectivity index (χ1) is 14.3. The van der Waals surface area contributed by atoms with E-state index >= 15 is 0 Å². The number of β-lactam (4-membered cyclic amide) rings is 1. The van der Waals surface area contributed by atoms with E-state index in [4.69, 9.17) is 0 Å². The number of carbonyl (C=O) groups excluding carboxylic acids is 1. The second kappa shape index (κ2) is 7.36. The van der Waals surface area contributed by atoms with Crippen molar-refractivity contribution in [1.29, 1.82) is 0 Å². The molecular weight excluding hydrogens is 354 g/mol. The maximum absolute atomic E-state index is 14.0.